The second-order valence-electron chi connectivity index (χ2n) is 12.3. The summed E-state index contributed by atoms with van der Waals surface area (Å²) in [5.74, 6) is 0.371. The summed E-state index contributed by atoms with van der Waals surface area (Å²) < 4.78 is 11.2. The molecule has 7 nitrogen and oxygen atoms in total. The number of ether oxygens (including phenoxy) is 2. The maximum atomic E-state index is 13.2. The largest absolute Gasteiger partial charge is 0.494 e. The summed E-state index contributed by atoms with van der Waals surface area (Å²) in [6.07, 6.45) is 8.60. The Labute approximate surface area is 291 Å². The maximum Gasteiger partial charge on any atom is 0.328 e. The highest BCUT2D eigenvalue weighted by Gasteiger charge is 2.23. The molecule has 258 valence electrons. The van der Waals surface area contributed by atoms with Gasteiger partial charge in [0.1, 0.15) is 11.8 Å². The summed E-state index contributed by atoms with van der Waals surface area (Å²) >= 11 is 0. The Balaban J connectivity index is 1.30. The van der Waals surface area contributed by atoms with E-state index in [1.54, 1.807) is 24.3 Å². The van der Waals surface area contributed by atoms with Gasteiger partial charge in [0.15, 0.2) is 5.78 Å². The zero-order chi connectivity index (χ0) is 34.7. The summed E-state index contributed by atoms with van der Waals surface area (Å²) in [5, 5.41) is 3.26. The third-order valence-electron chi connectivity index (χ3n) is 8.54. The van der Waals surface area contributed by atoms with Crippen molar-refractivity contribution in [2.75, 3.05) is 25.6 Å². The van der Waals surface area contributed by atoms with Gasteiger partial charge in [0.2, 0.25) is 5.91 Å². The lowest BCUT2D eigenvalue weighted by Crippen LogP contribution is -2.33. The predicted octanol–water partition coefficient (Wildman–Crippen LogP) is 8.66. The van der Waals surface area contributed by atoms with E-state index in [2.05, 4.69) is 24.4 Å². The van der Waals surface area contributed by atoms with E-state index in [1.165, 1.54) is 32.8 Å². The second-order valence-corrected chi connectivity index (χ2v) is 12.3. The average Bonchev–Trinajstić information content (AvgIpc) is 3.15. The van der Waals surface area contributed by atoms with Gasteiger partial charge in [-0.05, 0) is 48.2 Å². The monoisotopic (exact) mass is 662 g/mol. The number of unbranched alkanes of at least 4 members (excludes halogenated alkanes) is 5. The number of rotatable bonds is 21. The van der Waals surface area contributed by atoms with Gasteiger partial charge in [-0.15, -0.1) is 0 Å². The van der Waals surface area contributed by atoms with Gasteiger partial charge >= 0.3 is 5.97 Å². The van der Waals surface area contributed by atoms with Gasteiger partial charge in [-0.3, -0.25) is 9.59 Å². The smallest absolute Gasteiger partial charge is 0.328 e. The molecule has 1 atom stereocenters. The lowest BCUT2D eigenvalue weighted by molar-refractivity contribution is -0.141. The van der Waals surface area contributed by atoms with Crippen molar-refractivity contribution in [3.8, 4) is 5.75 Å². The van der Waals surface area contributed by atoms with Crippen LogP contribution in [0.3, 0.4) is 0 Å². The number of carbonyl (C=O) groups is 3. The molecule has 0 aliphatic rings. The lowest BCUT2D eigenvalue weighted by atomic mass is 10.00. The molecule has 49 heavy (non-hydrogen) atoms. The fraction of sp³-hybridized carbons (Fsp3) is 0.357. The van der Waals surface area contributed by atoms with E-state index in [4.69, 9.17) is 9.47 Å². The Bertz CT molecular complexity index is 1570. The molecule has 0 bridgehead atoms. The molecule has 0 aliphatic carbocycles. The molecule has 0 unspecified atom stereocenters. The van der Waals surface area contributed by atoms with Crippen molar-refractivity contribution in [1.29, 1.82) is 0 Å². The molecule has 4 aromatic carbocycles. The van der Waals surface area contributed by atoms with Crippen LogP contribution in [0, 0.1) is 0 Å². The standard InChI is InChI=1S/C42H50N2O5/c1-3-4-5-6-7-14-24-40(45)44(32-34-18-10-8-11-19-34)29-17-30-49-36-27-25-33(26-28-36)31-39(42(47)48-2)43-38-23-16-15-22-37(38)41(46)35-20-12-9-13-21-35/h8-13,15-16,18-23,25-28,39,43H,3-7,14,17,24,29-32H2,1-2H3/t39-/m0/s1. The van der Waals surface area contributed by atoms with Crippen LogP contribution in [0.2, 0.25) is 0 Å². The van der Waals surface area contributed by atoms with Crippen LogP contribution in [0.5, 0.6) is 5.75 Å². The minimum Gasteiger partial charge on any atom is -0.494 e. The number of hydrogen-bond acceptors (Lipinski definition) is 6. The van der Waals surface area contributed by atoms with Gasteiger partial charge in [-0.2, -0.15) is 0 Å². The Morgan fingerprint density at radius 1 is 0.714 bits per heavy atom. The van der Waals surface area contributed by atoms with Crippen LogP contribution in [-0.2, 0) is 27.3 Å². The summed E-state index contributed by atoms with van der Waals surface area (Å²) in [6.45, 7) is 3.92. The first kappa shape index (κ1) is 36.9. The maximum absolute atomic E-state index is 13.2. The van der Waals surface area contributed by atoms with E-state index in [0.717, 1.165) is 29.7 Å². The quantitative estimate of drug-likeness (QED) is 0.0546. The molecule has 0 aliphatic heterocycles. The molecule has 1 N–H and O–H groups in total. The molecular formula is C42H50N2O5. The van der Waals surface area contributed by atoms with Crippen LogP contribution in [0.15, 0.2) is 109 Å². The number of nitrogens with one attached hydrogen (secondary N) is 1. The molecule has 1 amide bonds. The molecule has 0 saturated heterocycles. The van der Waals surface area contributed by atoms with Gasteiger partial charge in [0, 0.05) is 42.7 Å². The third-order valence-corrected chi connectivity index (χ3v) is 8.54. The number of nitrogens with zero attached hydrogens (tertiary/aromatic N) is 1. The summed E-state index contributed by atoms with van der Waals surface area (Å²) in [4.78, 5) is 41.2. The Morgan fingerprint density at radius 2 is 1.37 bits per heavy atom. The SMILES string of the molecule is CCCCCCCCC(=O)N(CCCOc1ccc(C[C@H](Nc2ccccc2C(=O)c2ccccc2)C(=O)OC)cc1)Cc1ccccc1. The van der Waals surface area contributed by atoms with Crippen LogP contribution >= 0.6 is 0 Å². The number of esters is 1. The summed E-state index contributed by atoms with van der Waals surface area (Å²) in [7, 11) is 1.36. The number of para-hydroxylation sites is 1. The van der Waals surface area contributed by atoms with Gasteiger partial charge in [0.25, 0.3) is 0 Å². The van der Waals surface area contributed by atoms with E-state index >= 15 is 0 Å². The van der Waals surface area contributed by atoms with Crippen molar-refractivity contribution in [1.82, 2.24) is 4.90 Å². The molecular weight excluding hydrogens is 612 g/mol. The van der Waals surface area contributed by atoms with Crippen LogP contribution in [-0.4, -0.2) is 48.9 Å². The minimum absolute atomic E-state index is 0.126. The lowest BCUT2D eigenvalue weighted by Gasteiger charge is -2.23. The van der Waals surface area contributed by atoms with Gasteiger partial charge in [-0.1, -0.05) is 124 Å². The highest BCUT2D eigenvalue weighted by Crippen LogP contribution is 2.22. The zero-order valence-corrected chi connectivity index (χ0v) is 28.9. The van der Waals surface area contributed by atoms with Crippen LogP contribution < -0.4 is 10.1 Å². The molecule has 0 spiro atoms. The number of carbonyl (C=O) groups excluding carboxylic acids is 3. The van der Waals surface area contributed by atoms with Crippen molar-refractivity contribution in [3.63, 3.8) is 0 Å². The molecule has 7 heteroatoms. The van der Waals surface area contributed by atoms with Crippen molar-refractivity contribution in [2.45, 2.75) is 77.3 Å². The summed E-state index contributed by atoms with van der Waals surface area (Å²) in [6, 6.07) is 33.3. The van der Waals surface area contributed by atoms with Crippen molar-refractivity contribution in [3.05, 3.63) is 131 Å². The molecule has 0 radical (unpaired) electrons. The number of benzene rings is 4. The minimum atomic E-state index is -0.703. The van der Waals surface area contributed by atoms with Crippen molar-refractivity contribution < 1.29 is 23.9 Å². The molecule has 4 aromatic rings. The Morgan fingerprint density at radius 3 is 2.08 bits per heavy atom. The van der Waals surface area contributed by atoms with Gasteiger partial charge in [0.05, 0.1) is 13.7 Å². The second kappa shape index (κ2) is 20.5. The van der Waals surface area contributed by atoms with Crippen molar-refractivity contribution in [2.24, 2.45) is 0 Å². The topological polar surface area (TPSA) is 84.9 Å². The molecule has 0 fully saturated rings. The predicted molar refractivity (Wildman–Crippen MR) is 196 cm³/mol. The first-order chi connectivity index (χ1) is 24.0. The number of ketones is 1. The molecule has 4 rings (SSSR count). The van der Waals surface area contributed by atoms with Gasteiger partial charge < -0.3 is 19.7 Å². The zero-order valence-electron chi connectivity index (χ0n) is 28.9. The van der Waals surface area contributed by atoms with E-state index in [1.807, 2.05) is 77.7 Å². The van der Waals surface area contributed by atoms with E-state index in [9.17, 15) is 14.4 Å². The van der Waals surface area contributed by atoms with Crippen molar-refractivity contribution >= 4 is 23.3 Å². The number of amides is 1. The van der Waals surface area contributed by atoms with Crippen LogP contribution in [0.4, 0.5) is 5.69 Å². The van der Waals surface area contributed by atoms with Crippen LogP contribution in [0.1, 0.15) is 85.3 Å². The van der Waals surface area contributed by atoms with E-state index in [0.29, 0.717) is 55.8 Å². The number of methoxy groups -OCH3 is 1. The Hall–Kier alpha value is -4.91. The number of hydrogen-bond donors (Lipinski definition) is 1. The fourth-order valence-corrected chi connectivity index (χ4v) is 5.79. The number of anilines is 1. The summed E-state index contributed by atoms with van der Waals surface area (Å²) in [5.41, 5.74) is 3.67. The average molecular weight is 663 g/mol. The molecule has 0 heterocycles. The first-order valence-corrected chi connectivity index (χ1v) is 17.5. The molecule has 0 aromatic heterocycles. The molecule has 0 saturated carbocycles. The van der Waals surface area contributed by atoms with Crippen LogP contribution in [0.25, 0.3) is 0 Å². The normalized spacial score (nSPS) is 11.4. The first-order valence-electron chi connectivity index (χ1n) is 17.5. The van der Waals surface area contributed by atoms with Gasteiger partial charge in [-0.25, -0.2) is 4.79 Å². The third kappa shape index (κ3) is 12.2. The van der Waals surface area contributed by atoms with E-state index < -0.39 is 12.0 Å². The van der Waals surface area contributed by atoms with E-state index in [-0.39, 0.29) is 11.7 Å². The highest BCUT2D eigenvalue weighted by molar-refractivity contribution is 6.12. The Kier molecular flexibility index (Phi) is 15.4. The highest BCUT2D eigenvalue weighted by atomic mass is 16.5. The fourth-order valence-electron chi connectivity index (χ4n) is 5.79.